The molecule has 0 radical (unpaired) electrons. The van der Waals surface area contributed by atoms with Gasteiger partial charge in [-0.1, -0.05) is 19.3 Å². The number of hydrogen-bond acceptors (Lipinski definition) is 5. The van der Waals surface area contributed by atoms with E-state index in [1.54, 1.807) is 0 Å². The Morgan fingerprint density at radius 3 is 2.35 bits per heavy atom. The Morgan fingerprint density at radius 1 is 1.04 bits per heavy atom. The lowest BCUT2D eigenvalue weighted by Crippen LogP contribution is -2.48. The van der Waals surface area contributed by atoms with E-state index in [4.69, 9.17) is 9.47 Å². The molecule has 1 aliphatic heterocycles. The lowest BCUT2D eigenvalue weighted by Gasteiger charge is -2.24. The molecule has 3 amide bonds. The van der Waals surface area contributed by atoms with Gasteiger partial charge in [0.15, 0.2) is 6.10 Å². The Balaban J connectivity index is 1.70. The second kappa shape index (κ2) is 8.86. The van der Waals surface area contributed by atoms with Crippen molar-refractivity contribution in [3.05, 3.63) is 0 Å². The summed E-state index contributed by atoms with van der Waals surface area (Å²) >= 11 is 0. The van der Waals surface area contributed by atoms with Crippen molar-refractivity contribution >= 4 is 17.9 Å². The van der Waals surface area contributed by atoms with Crippen molar-refractivity contribution in [3.8, 4) is 0 Å². The van der Waals surface area contributed by atoms with Gasteiger partial charge in [0.25, 0.3) is 5.91 Å². The van der Waals surface area contributed by atoms with Gasteiger partial charge in [0.2, 0.25) is 0 Å². The number of urea groups is 1. The molecule has 0 spiro atoms. The van der Waals surface area contributed by atoms with Crippen LogP contribution in [0.15, 0.2) is 0 Å². The van der Waals surface area contributed by atoms with Gasteiger partial charge in [-0.2, -0.15) is 0 Å². The van der Waals surface area contributed by atoms with Crippen molar-refractivity contribution in [1.29, 1.82) is 0 Å². The fraction of sp³-hybridized carbons (Fsp3) is 0.812. The Labute approximate surface area is 136 Å². The van der Waals surface area contributed by atoms with E-state index in [9.17, 15) is 14.4 Å². The average molecular weight is 326 g/mol. The van der Waals surface area contributed by atoms with Gasteiger partial charge < -0.3 is 14.8 Å². The van der Waals surface area contributed by atoms with Crippen LogP contribution < -0.4 is 10.6 Å². The first kappa shape index (κ1) is 17.7. The zero-order valence-corrected chi connectivity index (χ0v) is 13.6. The van der Waals surface area contributed by atoms with Crippen LogP contribution in [0.1, 0.15) is 51.9 Å². The molecule has 0 aromatic carbocycles. The minimum atomic E-state index is -0.984. The van der Waals surface area contributed by atoms with Gasteiger partial charge in [-0.3, -0.25) is 14.9 Å². The second-order valence-corrected chi connectivity index (χ2v) is 6.26. The normalized spacial score (nSPS) is 21.3. The van der Waals surface area contributed by atoms with Crippen LogP contribution in [0.4, 0.5) is 4.79 Å². The Morgan fingerprint density at radius 2 is 1.70 bits per heavy atom. The molecule has 2 aliphatic rings. The highest BCUT2D eigenvalue weighted by Gasteiger charge is 2.27. The lowest BCUT2D eigenvalue weighted by atomic mass is 9.96. The molecule has 0 bridgehead atoms. The summed E-state index contributed by atoms with van der Waals surface area (Å²) in [5.74, 6) is -1.22. The Hall–Kier alpha value is -1.63. The zero-order valence-electron chi connectivity index (χ0n) is 13.6. The predicted octanol–water partition coefficient (Wildman–Crippen LogP) is 1.50. The molecule has 1 saturated heterocycles. The van der Waals surface area contributed by atoms with Crippen LogP contribution in [0.5, 0.6) is 0 Å². The highest BCUT2D eigenvalue weighted by Crippen LogP contribution is 2.18. The molecular weight excluding hydrogens is 300 g/mol. The quantitative estimate of drug-likeness (QED) is 0.764. The van der Waals surface area contributed by atoms with E-state index in [2.05, 4.69) is 10.6 Å². The monoisotopic (exact) mass is 326 g/mol. The molecule has 1 atom stereocenters. The minimum Gasteiger partial charge on any atom is -0.452 e. The molecule has 2 fully saturated rings. The summed E-state index contributed by atoms with van der Waals surface area (Å²) in [6.07, 6.45) is 5.49. The summed E-state index contributed by atoms with van der Waals surface area (Å²) < 4.78 is 10.3. The maximum atomic E-state index is 12.0. The van der Waals surface area contributed by atoms with Gasteiger partial charge in [-0.25, -0.2) is 4.79 Å². The average Bonchev–Trinajstić information content (AvgIpc) is 2.56. The molecule has 7 nitrogen and oxygen atoms in total. The van der Waals surface area contributed by atoms with Crippen LogP contribution in [0.25, 0.3) is 0 Å². The number of amides is 3. The fourth-order valence-corrected chi connectivity index (χ4v) is 2.94. The molecule has 23 heavy (non-hydrogen) atoms. The fourth-order valence-electron chi connectivity index (χ4n) is 2.94. The highest BCUT2D eigenvalue weighted by atomic mass is 16.5. The molecule has 130 valence electrons. The number of ether oxygens (including phenoxy) is 2. The first-order valence-corrected chi connectivity index (χ1v) is 8.46. The molecule has 0 aromatic rings. The molecule has 2 N–H and O–H groups in total. The van der Waals surface area contributed by atoms with Crippen molar-refractivity contribution in [2.24, 2.45) is 5.92 Å². The summed E-state index contributed by atoms with van der Waals surface area (Å²) in [6.45, 7) is 2.54. The molecule has 1 aliphatic carbocycles. The summed E-state index contributed by atoms with van der Waals surface area (Å²) in [5, 5.41) is 5.04. The Kier molecular flexibility index (Phi) is 6.83. The summed E-state index contributed by atoms with van der Waals surface area (Å²) in [4.78, 5) is 35.7. The smallest absolute Gasteiger partial charge is 0.321 e. The topological polar surface area (TPSA) is 93.7 Å². The number of rotatable bonds is 4. The van der Waals surface area contributed by atoms with Gasteiger partial charge in [0, 0.05) is 19.3 Å². The molecular formula is C16H26N2O5. The summed E-state index contributed by atoms with van der Waals surface area (Å²) in [7, 11) is 0. The van der Waals surface area contributed by atoms with Crippen LogP contribution in [0, 0.1) is 5.92 Å². The van der Waals surface area contributed by atoms with Gasteiger partial charge in [0.1, 0.15) is 0 Å². The summed E-state index contributed by atoms with van der Waals surface area (Å²) in [5.41, 5.74) is 0. The van der Waals surface area contributed by atoms with Crippen LogP contribution in [-0.4, -0.2) is 43.3 Å². The van der Waals surface area contributed by atoms with Gasteiger partial charge in [-0.15, -0.1) is 0 Å². The maximum Gasteiger partial charge on any atom is 0.321 e. The van der Waals surface area contributed by atoms with Crippen molar-refractivity contribution in [3.63, 3.8) is 0 Å². The van der Waals surface area contributed by atoms with E-state index >= 15 is 0 Å². The van der Waals surface area contributed by atoms with E-state index in [0.717, 1.165) is 25.7 Å². The van der Waals surface area contributed by atoms with Crippen molar-refractivity contribution in [2.75, 3.05) is 13.2 Å². The largest absolute Gasteiger partial charge is 0.452 e. The van der Waals surface area contributed by atoms with Crippen molar-refractivity contribution < 1.29 is 23.9 Å². The van der Waals surface area contributed by atoms with Gasteiger partial charge in [0.05, 0.1) is 5.92 Å². The third-order valence-electron chi connectivity index (χ3n) is 4.39. The van der Waals surface area contributed by atoms with Crippen molar-refractivity contribution in [1.82, 2.24) is 10.6 Å². The van der Waals surface area contributed by atoms with E-state index < -0.39 is 24.0 Å². The summed E-state index contributed by atoms with van der Waals surface area (Å²) in [6, 6.07) is -0.396. The highest BCUT2D eigenvalue weighted by molar-refractivity contribution is 5.97. The minimum absolute atomic E-state index is 0.122. The molecule has 1 heterocycles. The zero-order chi connectivity index (χ0) is 16.7. The number of esters is 1. The number of carbonyl (C=O) groups excluding carboxylic acids is 3. The standard InChI is InChI=1S/C16H26N2O5/c1-11(23-15(20)12-7-9-22-10-8-12)14(19)18-16(21)17-13-5-3-2-4-6-13/h11-13H,2-10H2,1H3,(H2,17,18,19,21). The van der Waals surface area contributed by atoms with E-state index in [1.165, 1.54) is 13.3 Å². The first-order chi connectivity index (χ1) is 11.1. The first-order valence-electron chi connectivity index (χ1n) is 8.46. The molecule has 1 unspecified atom stereocenters. The number of imide groups is 1. The molecule has 7 heteroatoms. The number of hydrogen-bond donors (Lipinski definition) is 2. The lowest BCUT2D eigenvalue weighted by molar-refractivity contribution is -0.161. The van der Waals surface area contributed by atoms with Crippen LogP contribution in [0.2, 0.25) is 0 Å². The second-order valence-electron chi connectivity index (χ2n) is 6.26. The SMILES string of the molecule is CC(OC(=O)C1CCOCC1)C(=O)NC(=O)NC1CCCCC1. The Bertz CT molecular complexity index is 428. The van der Waals surface area contributed by atoms with Crippen LogP contribution >= 0.6 is 0 Å². The predicted molar refractivity (Wildman–Crippen MR) is 82.6 cm³/mol. The van der Waals surface area contributed by atoms with E-state index in [-0.39, 0.29) is 12.0 Å². The maximum absolute atomic E-state index is 12.0. The molecule has 1 saturated carbocycles. The van der Waals surface area contributed by atoms with Crippen LogP contribution in [-0.2, 0) is 19.1 Å². The van der Waals surface area contributed by atoms with Gasteiger partial charge >= 0.3 is 12.0 Å². The third-order valence-corrected chi connectivity index (χ3v) is 4.39. The van der Waals surface area contributed by atoms with E-state index in [1.807, 2.05) is 0 Å². The van der Waals surface area contributed by atoms with E-state index in [0.29, 0.717) is 26.1 Å². The molecule has 2 rings (SSSR count). The molecule has 0 aromatic heterocycles. The van der Waals surface area contributed by atoms with Crippen molar-refractivity contribution in [2.45, 2.75) is 64.0 Å². The van der Waals surface area contributed by atoms with Crippen LogP contribution in [0.3, 0.4) is 0 Å². The number of carbonyl (C=O) groups is 3. The third kappa shape index (κ3) is 5.82. The number of nitrogens with one attached hydrogen (secondary N) is 2. The van der Waals surface area contributed by atoms with Gasteiger partial charge in [-0.05, 0) is 32.6 Å².